The second-order valence-corrected chi connectivity index (χ2v) is 6.82. The number of hydrogen-bond acceptors (Lipinski definition) is 4. The van der Waals surface area contributed by atoms with E-state index in [-0.39, 0.29) is 6.04 Å². The molecule has 21 heavy (non-hydrogen) atoms. The van der Waals surface area contributed by atoms with Crippen LogP contribution in [0.2, 0.25) is 0 Å². The number of methoxy groups -OCH3 is 1. The summed E-state index contributed by atoms with van der Waals surface area (Å²) in [6, 6.07) is 6.30. The van der Waals surface area contributed by atoms with Gasteiger partial charge in [-0.05, 0) is 38.1 Å². The molecule has 4 nitrogen and oxygen atoms in total. The van der Waals surface area contributed by atoms with Crippen LogP contribution < -0.4 is 9.47 Å². The number of ether oxygens (including phenoxy) is 2. The average Bonchev–Trinajstić information content (AvgIpc) is 2.44. The summed E-state index contributed by atoms with van der Waals surface area (Å²) < 4.78 is 22.4. The zero-order valence-electron chi connectivity index (χ0n) is 13.7. The first-order chi connectivity index (χ1) is 9.97. The molecule has 0 N–H and O–H groups in total. The third kappa shape index (κ3) is 6.06. The molecule has 0 heterocycles. The molecule has 0 spiro atoms. The second-order valence-electron chi connectivity index (χ2n) is 5.34. The highest BCUT2D eigenvalue weighted by Crippen LogP contribution is 2.28. The monoisotopic (exact) mass is 313 g/mol. The molecule has 120 valence electrons. The molecule has 0 saturated heterocycles. The van der Waals surface area contributed by atoms with E-state index < -0.39 is 10.8 Å². The zero-order chi connectivity index (χ0) is 15.8. The molecule has 0 aliphatic carbocycles. The number of rotatable bonds is 9. The van der Waals surface area contributed by atoms with Crippen molar-refractivity contribution in [2.24, 2.45) is 0 Å². The maximum atomic E-state index is 11.3. The topological polar surface area (TPSA) is 38.8 Å². The predicted molar refractivity (Wildman–Crippen MR) is 88.6 cm³/mol. The molecule has 0 radical (unpaired) electrons. The number of benzene rings is 1. The molecule has 0 amide bonds. The van der Waals surface area contributed by atoms with Crippen molar-refractivity contribution in [1.29, 1.82) is 0 Å². The van der Waals surface area contributed by atoms with Crippen molar-refractivity contribution in [3.63, 3.8) is 0 Å². The Kier molecular flexibility index (Phi) is 7.75. The van der Waals surface area contributed by atoms with Gasteiger partial charge < -0.3 is 9.47 Å². The molecule has 1 rings (SSSR count). The van der Waals surface area contributed by atoms with Crippen LogP contribution in [-0.4, -0.2) is 47.9 Å². The summed E-state index contributed by atoms with van der Waals surface area (Å²) in [5.41, 5.74) is 1.16. The minimum atomic E-state index is -0.774. The lowest BCUT2D eigenvalue weighted by Gasteiger charge is -2.24. The molecular formula is C16H27NO3S. The van der Waals surface area contributed by atoms with E-state index in [1.165, 1.54) is 0 Å². The van der Waals surface area contributed by atoms with Gasteiger partial charge in [-0.25, -0.2) is 0 Å². The van der Waals surface area contributed by atoms with Crippen molar-refractivity contribution in [3.05, 3.63) is 23.8 Å². The van der Waals surface area contributed by atoms with Crippen molar-refractivity contribution in [2.75, 3.05) is 32.8 Å². The summed E-state index contributed by atoms with van der Waals surface area (Å²) in [5, 5.41) is 0. The van der Waals surface area contributed by atoms with Gasteiger partial charge in [-0.3, -0.25) is 9.11 Å². The van der Waals surface area contributed by atoms with Crippen LogP contribution in [0.5, 0.6) is 11.5 Å². The van der Waals surface area contributed by atoms with Gasteiger partial charge in [0, 0.05) is 35.4 Å². The van der Waals surface area contributed by atoms with Crippen molar-refractivity contribution >= 4 is 10.8 Å². The lowest BCUT2D eigenvalue weighted by atomic mass is 10.1. The van der Waals surface area contributed by atoms with Gasteiger partial charge in [0.05, 0.1) is 13.7 Å². The van der Waals surface area contributed by atoms with E-state index in [4.69, 9.17) is 9.47 Å². The molecule has 2 atom stereocenters. The van der Waals surface area contributed by atoms with Crippen molar-refractivity contribution < 1.29 is 13.7 Å². The molecule has 5 heteroatoms. The first kappa shape index (κ1) is 18.0. The van der Waals surface area contributed by atoms with Crippen molar-refractivity contribution in [2.45, 2.75) is 32.9 Å². The molecule has 1 aromatic carbocycles. The van der Waals surface area contributed by atoms with Crippen LogP contribution in [0.15, 0.2) is 18.2 Å². The van der Waals surface area contributed by atoms with Gasteiger partial charge in [0.25, 0.3) is 0 Å². The predicted octanol–water partition coefficient (Wildman–Crippen LogP) is 2.68. The van der Waals surface area contributed by atoms with Gasteiger partial charge in [0.15, 0.2) is 11.5 Å². The summed E-state index contributed by atoms with van der Waals surface area (Å²) in [5.74, 6) is 2.24. The second kappa shape index (κ2) is 9.05. The van der Waals surface area contributed by atoms with E-state index in [0.717, 1.165) is 30.0 Å². The summed E-state index contributed by atoms with van der Waals surface area (Å²) in [4.78, 5) is 2.20. The van der Waals surface area contributed by atoms with E-state index in [9.17, 15) is 4.21 Å². The molecule has 0 unspecified atom stereocenters. The van der Waals surface area contributed by atoms with Gasteiger partial charge in [0.2, 0.25) is 0 Å². The smallest absolute Gasteiger partial charge is 0.161 e. The molecule has 0 aliphatic rings. The molecular weight excluding hydrogens is 286 g/mol. The fourth-order valence-corrected chi connectivity index (χ4v) is 2.99. The Hall–Kier alpha value is -1.07. The Morgan fingerprint density at radius 2 is 2.05 bits per heavy atom. The van der Waals surface area contributed by atoms with Gasteiger partial charge in [0.1, 0.15) is 0 Å². The van der Waals surface area contributed by atoms with Gasteiger partial charge in [-0.15, -0.1) is 0 Å². The largest absolute Gasteiger partial charge is 0.493 e. The van der Waals surface area contributed by atoms with E-state index >= 15 is 0 Å². The Morgan fingerprint density at radius 3 is 2.62 bits per heavy atom. The molecule has 1 aromatic rings. The normalized spacial score (nSPS) is 14.0. The lowest BCUT2D eigenvalue weighted by molar-refractivity contribution is 0.266. The molecule has 0 bridgehead atoms. The maximum Gasteiger partial charge on any atom is 0.161 e. The average molecular weight is 313 g/mol. The van der Waals surface area contributed by atoms with Gasteiger partial charge >= 0.3 is 0 Å². The Bertz CT molecular complexity index is 465. The van der Waals surface area contributed by atoms with Crippen molar-refractivity contribution in [3.8, 4) is 11.5 Å². The van der Waals surface area contributed by atoms with Gasteiger partial charge in [-0.2, -0.15) is 0 Å². The molecule has 0 aliphatic heterocycles. The third-order valence-electron chi connectivity index (χ3n) is 3.35. The molecule has 0 aromatic heterocycles. The number of hydrogen-bond donors (Lipinski definition) is 0. The summed E-state index contributed by atoms with van der Waals surface area (Å²) in [6.45, 7) is 5.66. The summed E-state index contributed by atoms with van der Waals surface area (Å²) >= 11 is 0. The highest BCUT2D eigenvalue weighted by molar-refractivity contribution is 7.84. The van der Waals surface area contributed by atoms with E-state index in [2.05, 4.69) is 24.8 Å². The van der Waals surface area contributed by atoms with Crippen LogP contribution in [0.3, 0.4) is 0 Å². The fourth-order valence-electron chi connectivity index (χ4n) is 2.05. The minimum Gasteiger partial charge on any atom is -0.493 e. The lowest BCUT2D eigenvalue weighted by Crippen LogP contribution is -2.32. The van der Waals surface area contributed by atoms with Crippen LogP contribution in [0.4, 0.5) is 0 Å². The van der Waals surface area contributed by atoms with Crippen LogP contribution in [0.1, 0.15) is 25.8 Å². The van der Waals surface area contributed by atoms with E-state index in [0.29, 0.717) is 12.4 Å². The fraction of sp³-hybridized carbons (Fsp3) is 0.625. The molecule has 0 fully saturated rings. The standard InChI is InChI=1S/C16H27NO3S/c1-6-9-20-15-8-7-14(10-16(15)19-4)11-17(3)13(2)12-21(5)18/h7-8,10,13H,6,9,11-12H2,1-5H3/t13-,21-/m0/s1. The summed E-state index contributed by atoms with van der Waals surface area (Å²) in [6.07, 6.45) is 2.71. The highest BCUT2D eigenvalue weighted by atomic mass is 32.2. The zero-order valence-corrected chi connectivity index (χ0v) is 14.5. The quantitative estimate of drug-likeness (QED) is 0.702. The first-order valence-electron chi connectivity index (χ1n) is 7.27. The SMILES string of the molecule is CCCOc1ccc(CN(C)[C@@H](C)C[S@](C)=O)cc1OC. The van der Waals surface area contributed by atoms with E-state index in [1.807, 2.05) is 19.2 Å². The van der Waals surface area contributed by atoms with Crippen LogP contribution in [0.25, 0.3) is 0 Å². The Morgan fingerprint density at radius 1 is 1.33 bits per heavy atom. The molecule has 0 saturated carbocycles. The maximum absolute atomic E-state index is 11.3. The van der Waals surface area contributed by atoms with Crippen LogP contribution in [0, 0.1) is 0 Å². The van der Waals surface area contributed by atoms with Crippen LogP contribution in [-0.2, 0) is 17.3 Å². The summed E-state index contributed by atoms with van der Waals surface area (Å²) in [7, 11) is 2.93. The Balaban J connectivity index is 2.73. The van der Waals surface area contributed by atoms with Crippen LogP contribution >= 0.6 is 0 Å². The third-order valence-corrected chi connectivity index (χ3v) is 4.30. The highest BCUT2D eigenvalue weighted by Gasteiger charge is 2.13. The number of nitrogens with zero attached hydrogens (tertiary/aromatic N) is 1. The Labute approximate surface area is 130 Å². The van der Waals surface area contributed by atoms with Gasteiger partial charge in [-0.1, -0.05) is 13.0 Å². The minimum absolute atomic E-state index is 0.276. The van der Waals surface area contributed by atoms with Crippen molar-refractivity contribution in [1.82, 2.24) is 4.90 Å². The van der Waals surface area contributed by atoms with E-state index in [1.54, 1.807) is 13.4 Å². The first-order valence-corrected chi connectivity index (χ1v) is 9.00.